The zero-order valence-electron chi connectivity index (χ0n) is 20.1. The molecule has 0 spiro atoms. The molecule has 0 aromatic heterocycles. The molecule has 0 fully saturated rings. The molecule has 0 aliphatic rings. The molecule has 35 heavy (non-hydrogen) atoms. The van der Waals surface area contributed by atoms with Crippen molar-refractivity contribution in [2.24, 2.45) is 5.10 Å². The van der Waals surface area contributed by atoms with Crippen LogP contribution in [0.25, 0.3) is 6.08 Å². The largest absolute Gasteiger partial charge is 0.372 e. The maximum Gasteiger partial charge on any atom is 0.287 e. The average molecular weight is 473 g/mol. The predicted molar refractivity (Wildman–Crippen MR) is 139 cm³/mol. The molecule has 0 unspecified atom stereocenters. The number of benzene rings is 3. The van der Waals surface area contributed by atoms with Crippen LogP contribution in [-0.2, 0) is 4.79 Å². The molecular weight excluding hydrogens is 443 g/mol. The number of nitrogens with one attached hydrogen (secondary N) is 2. The number of anilines is 1. The number of hydrogen-bond acceptors (Lipinski definition) is 4. The van der Waals surface area contributed by atoms with Gasteiger partial charge in [-0.15, -0.1) is 0 Å². The lowest BCUT2D eigenvalue weighted by Gasteiger charge is -2.21. The van der Waals surface area contributed by atoms with Gasteiger partial charge in [-0.1, -0.05) is 42.5 Å². The summed E-state index contributed by atoms with van der Waals surface area (Å²) in [4.78, 5) is 28.0. The van der Waals surface area contributed by atoms with Crippen LogP contribution < -0.4 is 15.6 Å². The summed E-state index contributed by atoms with van der Waals surface area (Å²) >= 11 is 0. The molecule has 3 aromatic rings. The van der Waals surface area contributed by atoms with Crippen molar-refractivity contribution in [2.45, 2.75) is 20.8 Å². The molecular formula is C28H29FN4O2. The van der Waals surface area contributed by atoms with Gasteiger partial charge < -0.3 is 10.2 Å². The molecule has 6 nitrogen and oxygen atoms in total. The van der Waals surface area contributed by atoms with Gasteiger partial charge in [0.2, 0.25) is 0 Å². The molecule has 0 aliphatic heterocycles. The number of halogens is 1. The Morgan fingerprint density at radius 2 is 1.51 bits per heavy atom. The molecule has 0 saturated heterocycles. The third-order valence-corrected chi connectivity index (χ3v) is 5.45. The van der Waals surface area contributed by atoms with Crippen LogP contribution in [0.3, 0.4) is 0 Å². The van der Waals surface area contributed by atoms with E-state index in [-0.39, 0.29) is 11.5 Å². The van der Waals surface area contributed by atoms with Gasteiger partial charge in [0.1, 0.15) is 11.5 Å². The van der Waals surface area contributed by atoms with Crippen molar-refractivity contribution >= 4 is 29.3 Å². The summed E-state index contributed by atoms with van der Waals surface area (Å²) in [7, 11) is 0. The third kappa shape index (κ3) is 7.11. The number of hydrogen-bond donors (Lipinski definition) is 2. The minimum absolute atomic E-state index is 0.0464. The fourth-order valence-electron chi connectivity index (χ4n) is 3.43. The fourth-order valence-corrected chi connectivity index (χ4v) is 3.43. The molecule has 7 heteroatoms. The van der Waals surface area contributed by atoms with Gasteiger partial charge >= 0.3 is 0 Å². The van der Waals surface area contributed by atoms with Crippen molar-refractivity contribution in [3.05, 3.63) is 107 Å². The zero-order valence-corrected chi connectivity index (χ0v) is 20.1. The summed E-state index contributed by atoms with van der Waals surface area (Å²) in [6.45, 7) is 7.65. The van der Waals surface area contributed by atoms with Gasteiger partial charge in [-0.25, -0.2) is 9.82 Å². The highest BCUT2D eigenvalue weighted by molar-refractivity contribution is 6.06. The zero-order chi connectivity index (χ0) is 25.2. The van der Waals surface area contributed by atoms with Crippen LogP contribution in [0.5, 0.6) is 0 Å². The van der Waals surface area contributed by atoms with Gasteiger partial charge in [0.05, 0.1) is 5.71 Å². The van der Waals surface area contributed by atoms with E-state index in [1.807, 2.05) is 30.3 Å². The van der Waals surface area contributed by atoms with Crippen LogP contribution in [0.15, 0.2) is 89.7 Å². The van der Waals surface area contributed by atoms with Crippen molar-refractivity contribution in [3.63, 3.8) is 0 Å². The molecule has 0 aliphatic carbocycles. The summed E-state index contributed by atoms with van der Waals surface area (Å²) in [5.41, 5.74) is 5.94. The SMILES string of the molecule is CCN(CC)c1ccc(C=C(NC(=O)c2ccccc2)C(=O)NN=C(C)c2ccc(F)cc2)cc1. The van der Waals surface area contributed by atoms with Crippen LogP contribution in [-0.4, -0.2) is 30.6 Å². The second-order valence-electron chi connectivity index (χ2n) is 7.79. The Balaban J connectivity index is 1.85. The van der Waals surface area contributed by atoms with Crippen molar-refractivity contribution in [3.8, 4) is 0 Å². The first-order valence-corrected chi connectivity index (χ1v) is 11.4. The first-order chi connectivity index (χ1) is 16.9. The van der Waals surface area contributed by atoms with Gasteiger partial charge in [0, 0.05) is 24.3 Å². The third-order valence-electron chi connectivity index (χ3n) is 5.45. The van der Waals surface area contributed by atoms with Crippen molar-refractivity contribution < 1.29 is 14.0 Å². The maximum absolute atomic E-state index is 13.2. The van der Waals surface area contributed by atoms with E-state index in [2.05, 4.69) is 34.6 Å². The molecule has 2 N–H and O–H groups in total. The van der Waals surface area contributed by atoms with E-state index >= 15 is 0 Å². The topological polar surface area (TPSA) is 73.8 Å². The van der Waals surface area contributed by atoms with E-state index in [4.69, 9.17) is 0 Å². The molecule has 180 valence electrons. The first kappa shape index (κ1) is 25.4. The Labute approximate surface area is 205 Å². The number of hydrazone groups is 1. The van der Waals surface area contributed by atoms with Crippen molar-refractivity contribution in [1.82, 2.24) is 10.7 Å². The Hall–Kier alpha value is -4.26. The van der Waals surface area contributed by atoms with Gasteiger partial charge in [-0.05, 0) is 74.4 Å². The van der Waals surface area contributed by atoms with E-state index < -0.39 is 11.8 Å². The second-order valence-corrected chi connectivity index (χ2v) is 7.79. The van der Waals surface area contributed by atoms with E-state index in [0.717, 1.165) is 24.3 Å². The summed E-state index contributed by atoms with van der Waals surface area (Å²) in [5.74, 6) is -1.35. The van der Waals surface area contributed by atoms with E-state index in [1.54, 1.807) is 49.4 Å². The quantitative estimate of drug-likeness (QED) is 0.262. The monoisotopic (exact) mass is 472 g/mol. The highest BCUT2D eigenvalue weighted by Crippen LogP contribution is 2.17. The molecule has 0 radical (unpaired) electrons. The van der Waals surface area contributed by atoms with Crippen LogP contribution in [0.1, 0.15) is 42.3 Å². The minimum atomic E-state index is -0.580. The summed E-state index contributed by atoms with van der Waals surface area (Å²) < 4.78 is 13.2. The number of carbonyl (C=O) groups is 2. The van der Waals surface area contributed by atoms with Gasteiger partial charge in [-0.2, -0.15) is 5.10 Å². The highest BCUT2D eigenvalue weighted by Gasteiger charge is 2.15. The molecule has 3 aromatic carbocycles. The highest BCUT2D eigenvalue weighted by atomic mass is 19.1. The fraction of sp³-hybridized carbons (Fsp3) is 0.179. The Bertz CT molecular complexity index is 1200. The predicted octanol–water partition coefficient (Wildman–Crippen LogP) is 4.98. The van der Waals surface area contributed by atoms with Gasteiger partial charge in [0.15, 0.2) is 0 Å². The van der Waals surface area contributed by atoms with Crippen LogP contribution in [0, 0.1) is 5.82 Å². The standard InChI is InChI=1S/C28H29FN4O2/c1-4-33(5-2)25-17-11-21(12-18-25)19-26(30-27(34)23-9-7-6-8-10-23)28(35)32-31-20(3)22-13-15-24(29)16-14-22/h6-19H,4-5H2,1-3H3,(H,30,34)(H,32,35). The lowest BCUT2D eigenvalue weighted by atomic mass is 10.1. The van der Waals surface area contributed by atoms with Crippen LogP contribution in [0.4, 0.5) is 10.1 Å². The van der Waals surface area contributed by atoms with Gasteiger partial charge in [-0.3, -0.25) is 9.59 Å². The van der Waals surface area contributed by atoms with E-state index in [9.17, 15) is 14.0 Å². The van der Waals surface area contributed by atoms with Crippen molar-refractivity contribution in [2.75, 3.05) is 18.0 Å². The number of amides is 2. The number of carbonyl (C=O) groups excluding carboxylic acids is 2. The average Bonchev–Trinajstić information content (AvgIpc) is 2.89. The van der Waals surface area contributed by atoms with Crippen LogP contribution in [0.2, 0.25) is 0 Å². The van der Waals surface area contributed by atoms with E-state index in [0.29, 0.717) is 16.8 Å². The normalized spacial score (nSPS) is 11.7. The summed E-state index contributed by atoms with van der Waals surface area (Å²) in [6.07, 6.45) is 1.60. The maximum atomic E-state index is 13.2. The van der Waals surface area contributed by atoms with Gasteiger partial charge in [0.25, 0.3) is 11.8 Å². The van der Waals surface area contributed by atoms with Crippen molar-refractivity contribution in [1.29, 1.82) is 0 Å². The Morgan fingerprint density at radius 1 is 0.886 bits per heavy atom. The minimum Gasteiger partial charge on any atom is -0.372 e. The lowest BCUT2D eigenvalue weighted by Crippen LogP contribution is -2.33. The van der Waals surface area contributed by atoms with Crippen LogP contribution >= 0.6 is 0 Å². The smallest absolute Gasteiger partial charge is 0.287 e. The first-order valence-electron chi connectivity index (χ1n) is 11.4. The molecule has 0 atom stereocenters. The molecule has 3 rings (SSSR count). The van der Waals surface area contributed by atoms with E-state index in [1.165, 1.54) is 12.1 Å². The number of nitrogens with zero attached hydrogens (tertiary/aromatic N) is 2. The molecule has 0 bridgehead atoms. The molecule has 0 saturated carbocycles. The Morgan fingerprint density at radius 3 is 2.11 bits per heavy atom. The number of rotatable bonds is 9. The summed E-state index contributed by atoms with van der Waals surface area (Å²) in [5, 5.41) is 6.82. The Kier molecular flexibility index (Phi) is 8.89. The molecule has 0 heterocycles. The summed E-state index contributed by atoms with van der Waals surface area (Å²) in [6, 6.07) is 22.2. The lowest BCUT2D eigenvalue weighted by molar-refractivity contribution is -0.117. The molecule has 2 amide bonds. The second kappa shape index (κ2) is 12.3.